The van der Waals surface area contributed by atoms with Crippen LogP contribution < -0.4 is 5.32 Å². The number of nitrogens with one attached hydrogen (secondary N) is 1. The molecule has 4 heterocycles. The molecule has 0 spiro atoms. The highest BCUT2D eigenvalue weighted by molar-refractivity contribution is 6.03. The third-order valence-electron chi connectivity index (χ3n) is 7.71. The van der Waals surface area contributed by atoms with Gasteiger partial charge in [0.15, 0.2) is 0 Å². The van der Waals surface area contributed by atoms with Crippen molar-refractivity contribution in [3.8, 4) is 0 Å². The number of fused-ring (bicyclic) bond motifs is 2. The number of aromatic nitrogens is 2. The van der Waals surface area contributed by atoms with E-state index in [0.717, 1.165) is 42.8 Å². The first kappa shape index (κ1) is 29.6. The molecule has 2 saturated heterocycles. The highest BCUT2D eigenvalue weighted by atomic mass is 19.4. The van der Waals surface area contributed by atoms with Crippen LogP contribution in [0.4, 0.5) is 18.9 Å². The fourth-order valence-corrected chi connectivity index (χ4v) is 5.69. The van der Waals surface area contributed by atoms with Crippen molar-refractivity contribution in [1.29, 1.82) is 0 Å². The predicted molar refractivity (Wildman–Crippen MR) is 148 cm³/mol. The lowest BCUT2D eigenvalue weighted by Crippen LogP contribution is -2.48. The quantitative estimate of drug-likeness (QED) is 0.461. The van der Waals surface area contributed by atoms with E-state index in [1.54, 1.807) is 22.0 Å². The molecule has 4 rings (SSSR count). The van der Waals surface area contributed by atoms with Gasteiger partial charge in [-0.3, -0.25) is 14.3 Å². The maximum absolute atomic E-state index is 12.6. The topological polar surface area (TPSA) is 86.1 Å². The van der Waals surface area contributed by atoms with Crippen LogP contribution in [-0.4, -0.2) is 93.5 Å². The van der Waals surface area contributed by atoms with E-state index in [-0.39, 0.29) is 24.5 Å². The fraction of sp³-hybridized carbons (Fsp3) is 0.571. The van der Waals surface area contributed by atoms with Gasteiger partial charge < -0.3 is 20.0 Å². The number of hydrogen-bond acceptors (Lipinski definition) is 6. The van der Waals surface area contributed by atoms with Gasteiger partial charge in [-0.25, -0.2) is 4.99 Å². The van der Waals surface area contributed by atoms with Gasteiger partial charge in [0.25, 0.3) is 0 Å². The largest absolute Gasteiger partial charge is 0.389 e. The van der Waals surface area contributed by atoms with Gasteiger partial charge in [-0.15, -0.1) is 0 Å². The maximum Gasteiger partial charge on any atom is 0.389 e. The molecule has 0 radical (unpaired) electrons. The molecule has 2 bridgehead atoms. The van der Waals surface area contributed by atoms with Crippen molar-refractivity contribution < 1.29 is 22.8 Å². The number of hydrogen-bond donors (Lipinski definition) is 1. The molecule has 0 aliphatic carbocycles. The minimum atomic E-state index is -4.34. The van der Waals surface area contributed by atoms with Crippen LogP contribution in [0.15, 0.2) is 53.1 Å². The number of nitrogens with zero attached hydrogens (tertiary/aromatic N) is 6. The summed E-state index contributed by atoms with van der Waals surface area (Å²) < 4.78 is 39.5. The van der Waals surface area contributed by atoms with E-state index in [1.165, 1.54) is 0 Å². The van der Waals surface area contributed by atoms with Crippen LogP contribution in [0, 0.1) is 0 Å². The summed E-state index contributed by atoms with van der Waals surface area (Å²) in [6, 6.07) is -0.299. The standard InChI is InChI=1S/C28H38F3N7O2/c1-5-25(21-14-23-6-7-24(15-21)38(23)26(39)8-9-28(29,30)31)19(2)33-20(3)34-22-16-32-37(17-22)18-27(40)36-12-10-35(4)11-13-36/h5,14,16-17,23-24,34H,3,6-13,15,18H2,1-2,4H3/b25-5+,33-19+. The van der Waals surface area contributed by atoms with Gasteiger partial charge >= 0.3 is 6.18 Å². The highest BCUT2D eigenvalue weighted by Gasteiger charge is 2.41. The first-order chi connectivity index (χ1) is 18.9. The van der Waals surface area contributed by atoms with E-state index in [2.05, 4.69) is 26.9 Å². The number of allylic oxidation sites excluding steroid dienone is 2. The van der Waals surface area contributed by atoms with Crippen LogP contribution in [-0.2, 0) is 16.1 Å². The zero-order chi connectivity index (χ0) is 29.0. The monoisotopic (exact) mass is 561 g/mol. The van der Waals surface area contributed by atoms with E-state index >= 15 is 0 Å². The third-order valence-corrected chi connectivity index (χ3v) is 7.71. The van der Waals surface area contributed by atoms with Gasteiger partial charge in [-0.2, -0.15) is 18.3 Å². The predicted octanol–water partition coefficient (Wildman–Crippen LogP) is 3.98. The summed E-state index contributed by atoms with van der Waals surface area (Å²) in [7, 11) is 2.04. The fourth-order valence-electron chi connectivity index (χ4n) is 5.69. The zero-order valence-corrected chi connectivity index (χ0v) is 23.4. The Balaban J connectivity index is 1.34. The Morgan fingerprint density at radius 1 is 1.20 bits per heavy atom. The van der Waals surface area contributed by atoms with Crippen LogP contribution in [0.5, 0.6) is 0 Å². The normalized spacial score (nSPS) is 22.4. The summed E-state index contributed by atoms with van der Waals surface area (Å²) in [6.07, 6.45) is 3.47. The molecule has 0 aromatic carbocycles. The van der Waals surface area contributed by atoms with Crippen molar-refractivity contribution in [1.82, 2.24) is 24.5 Å². The molecule has 2 fully saturated rings. The number of alkyl halides is 3. The number of carbonyl (C=O) groups is 2. The summed E-state index contributed by atoms with van der Waals surface area (Å²) >= 11 is 0. The summed E-state index contributed by atoms with van der Waals surface area (Å²) in [5.74, 6) is 0.00420. The van der Waals surface area contributed by atoms with Gasteiger partial charge in [0.2, 0.25) is 11.8 Å². The van der Waals surface area contributed by atoms with Crippen LogP contribution in [0.3, 0.4) is 0 Å². The summed E-state index contributed by atoms with van der Waals surface area (Å²) in [4.78, 5) is 35.5. The molecular formula is C28H38F3N7O2. The minimum Gasteiger partial charge on any atom is -0.339 e. The lowest BCUT2D eigenvalue weighted by Gasteiger charge is -2.35. The number of amides is 2. The highest BCUT2D eigenvalue weighted by Crippen LogP contribution is 2.38. The Kier molecular flexibility index (Phi) is 9.17. The van der Waals surface area contributed by atoms with Crippen LogP contribution in [0.2, 0.25) is 0 Å². The molecule has 9 nitrogen and oxygen atoms in total. The van der Waals surface area contributed by atoms with Gasteiger partial charge in [0, 0.05) is 50.6 Å². The summed E-state index contributed by atoms with van der Waals surface area (Å²) in [5.41, 5.74) is 3.37. The van der Waals surface area contributed by atoms with E-state index < -0.39 is 24.9 Å². The lowest BCUT2D eigenvalue weighted by molar-refractivity contribution is -0.150. The minimum absolute atomic E-state index is 0.0310. The molecule has 1 aromatic rings. The second kappa shape index (κ2) is 12.4. The molecule has 12 heteroatoms. The Hall–Kier alpha value is -3.41. The molecule has 0 saturated carbocycles. The van der Waals surface area contributed by atoms with Gasteiger partial charge in [-0.1, -0.05) is 18.7 Å². The van der Waals surface area contributed by atoms with Crippen LogP contribution in [0.25, 0.3) is 0 Å². The molecule has 2 atom stereocenters. The number of piperazine rings is 1. The Morgan fingerprint density at radius 2 is 1.93 bits per heavy atom. The van der Waals surface area contributed by atoms with Crippen molar-refractivity contribution in [3.05, 3.63) is 48.1 Å². The number of carbonyl (C=O) groups excluding carboxylic acids is 2. The average Bonchev–Trinajstić information content (AvgIpc) is 3.43. The maximum atomic E-state index is 12.6. The van der Waals surface area contributed by atoms with Crippen LogP contribution >= 0.6 is 0 Å². The van der Waals surface area contributed by atoms with E-state index in [4.69, 9.17) is 0 Å². The number of rotatable bonds is 9. The molecule has 2 amide bonds. The van der Waals surface area contributed by atoms with E-state index in [9.17, 15) is 22.8 Å². The molecular weight excluding hydrogens is 523 g/mol. The van der Waals surface area contributed by atoms with Gasteiger partial charge in [-0.05, 0) is 51.3 Å². The van der Waals surface area contributed by atoms with Gasteiger partial charge in [0.1, 0.15) is 12.4 Å². The summed E-state index contributed by atoms with van der Waals surface area (Å²) in [5, 5.41) is 7.41. The first-order valence-corrected chi connectivity index (χ1v) is 13.7. The molecule has 3 aliphatic heterocycles. The number of aliphatic imine (C=N–C) groups is 1. The Morgan fingerprint density at radius 3 is 2.58 bits per heavy atom. The third kappa shape index (κ3) is 7.41. The van der Waals surface area contributed by atoms with Crippen LogP contribution in [0.1, 0.15) is 46.0 Å². The Bertz CT molecular complexity index is 1210. The van der Waals surface area contributed by atoms with Crippen molar-refractivity contribution in [2.45, 2.75) is 70.8 Å². The lowest BCUT2D eigenvalue weighted by atomic mass is 9.91. The van der Waals surface area contributed by atoms with Gasteiger partial charge in [0.05, 0.1) is 24.3 Å². The number of anilines is 1. The number of likely N-dealkylation sites (N-methyl/N-ethyl adjacent to an activating group) is 1. The second-order valence-corrected chi connectivity index (χ2v) is 10.7. The zero-order valence-electron chi connectivity index (χ0n) is 23.4. The van der Waals surface area contributed by atoms with Crippen molar-refractivity contribution >= 4 is 23.2 Å². The van der Waals surface area contributed by atoms with E-state index in [1.807, 2.05) is 37.9 Å². The molecule has 1 aromatic heterocycles. The summed E-state index contributed by atoms with van der Waals surface area (Å²) in [6.45, 7) is 11.1. The molecule has 2 unspecified atom stereocenters. The second-order valence-electron chi connectivity index (χ2n) is 10.7. The molecule has 40 heavy (non-hydrogen) atoms. The first-order valence-electron chi connectivity index (χ1n) is 13.7. The number of halogens is 3. The van der Waals surface area contributed by atoms with Crippen molar-refractivity contribution in [2.75, 3.05) is 38.5 Å². The van der Waals surface area contributed by atoms with E-state index in [0.29, 0.717) is 31.0 Å². The van der Waals surface area contributed by atoms with Crippen molar-refractivity contribution in [2.24, 2.45) is 4.99 Å². The van der Waals surface area contributed by atoms with Crippen molar-refractivity contribution in [3.63, 3.8) is 0 Å². The SMILES string of the molecule is C=C(/N=C(C)/C(=C\C)C1=CC2CCC(C1)N2C(=O)CCC(F)(F)F)Nc1cnn(CC(=O)N2CCN(C)CC2)c1. The molecule has 3 aliphatic rings. The Labute approximate surface area is 233 Å². The molecule has 218 valence electrons. The average molecular weight is 562 g/mol. The molecule has 1 N–H and O–H groups in total. The smallest absolute Gasteiger partial charge is 0.339 e.